The number of hydrogen-bond acceptors (Lipinski definition) is 1. The molecule has 0 fully saturated rings. The summed E-state index contributed by atoms with van der Waals surface area (Å²) in [6, 6.07) is 5.03. The van der Waals surface area contributed by atoms with Crippen LogP contribution in [0.15, 0.2) is 18.2 Å². The first-order chi connectivity index (χ1) is 6.88. The maximum atomic E-state index is 5.90. The van der Waals surface area contributed by atoms with E-state index in [-0.39, 0.29) is 5.41 Å². The SMILES string of the molecule is CC(C)(C)C#COc1ccc(Cl)cc1Cl. The summed E-state index contributed by atoms with van der Waals surface area (Å²) in [5.41, 5.74) is -0.0844. The minimum atomic E-state index is -0.0844. The van der Waals surface area contributed by atoms with Gasteiger partial charge in [0.15, 0.2) is 5.75 Å². The van der Waals surface area contributed by atoms with Crippen LogP contribution in [-0.2, 0) is 0 Å². The lowest BCUT2D eigenvalue weighted by Gasteiger charge is -2.06. The van der Waals surface area contributed by atoms with Gasteiger partial charge < -0.3 is 4.74 Å². The van der Waals surface area contributed by atoms with Crippen LogP contribution in [-0.4, -0.2) is 0 Å². The molecule has 3 heteroatoms. The van der Waals surface area contributed by atoms with Crippen LogP contribution < -0.4 is 4.74 Å². The molecular formula is C12H12Cl2O. The van der Waals surface area contributed by atoms with Gasteiger partial charge in [-0.25, -0.2) is 0 Å². The zero-order valence-corrected chi connectivity index (χ0v) is 10.4. The normalized spacial score (nSPS) is 10.5. The second-order valence-electron chi connectivity index (χ2n) is 4.15. The van der Waals surface area contributed by atoms with Gasteiger partial charge in [-0.1, -0.05) is 29.1 Å². The summed E-state index contributed by atoms with van der Waals surface area (Å²) in [7, 11) is 0. The van der Waals surface area contributed by atoms with Crippen molar-refractivity contribution in [1.82, 2.24) is 0 Å². The summed E-state index contributed by atoms with van der Waals surface area (Å²) in [5.74, 6) is 3.47. The largest absolute Gasteiger partial charge is 0.406 e. The average molecular weight is 243 g/mol. The molecule has 0 aliphatic carbocycles. The van der Waals surface area contributed by atoms with E-state index in [1.165, 1.54) is 0 Å². The maximum Gasteiger partial charge on any atom is 0.158 e. The number of halogens is 2. The van der Waals surface area contributed by atoms with Crippen molar-refractivity contribution in [2.75, 3.05) is 0 Å². The fourth-order valence-corrected chi connectivity index (χ4v) is 1.24. The highest BCUT2D eigenvalue weighted by molar-refractivity contribution is 6.35. The molecule has 0 radical (unpaired) electrons. The minimum absolute atomic E-state index is 0.0844. The van der Waals surface area contributed by atoms with Crippen LogP contribution in [0.2, 0.25) is 10.0 Å². The summed E-state index contributed by atoms with van der Waals surface area (Å²) in [6.07, 6.45) is 2.62. The van der Waals surface area contributed by atoms with Crippen molar-refractivity contribution in [2.45, 2.75) is 20.8 Å². The predicted octanol–water partition coefficient (Wildman–Crippen LogP) is 4.38. The van der Waals surface area contributed by atoms with Crippen molar-refractivity contribution in [1.29, 1.82) is 0 Å². The number of rotatable bonds is 1. The Morgan fingerprint density at radius 2 is 1.87 bits per heavy atom. The Morgan fingerprint density at radius 1 is 1.20 bits per heavy atom. The van der Waals surface area contributed by atoms with Gasteiger partial charge >= 0.3 is 0 Å². The van der Waals surface area contributed by atoms with E-state index in [1.54, 1.807) is 18.2 Å². The predicted molar refractivity (Wildman–Crippen MR) is 64.3 cm³/mol. The first-order valence-corrected chi connectivity index (χ1v) is 5.28. The van der Waals surface area contributed by atoms with E-state index in [9.17, 15) is 0 Å². The van der Waals surface area contributed by atoms with Gasteiger partial charge in [0.25, 0.3) is 0 Å². The van der Waals surface area contributed by atoms with E-state index < -0.39 is 0 Å². The Labute approximate surface area is 100 Å². The molecule has 0 heterocycles. The lowest BCUT2D eigenvalue weighted by molar-refractivity contribution is 0.504. The van der Waals surface area contributed by atoms with E-state index in [0.29, 0.717) is 15.8 Å². The average Bonchev–Trinajstić information content (AvgIpc) is 2.07. The van der Waals surface area contributed by atoms with Crippen molar-refractivity contribution in [2.24, 2.45) is 5.41 Å². The van der Waals surface area contributed by atoms with Crippen molar-refractivity contribution in [3.63, 3.8) is 0 Å². The number of ether oxygens (including phenoxy) is 1. The van der Waals surface area contributed by atoms with E-state index in [2.05, 4.69) is 12.0 Å². The Balaban J connectivity index is 2.77. The third-order valence-electron chi connectivity index (χ3n) is 1.48. The van der Waals surface area contributed by atoms with Gasteiger partial charge in [0.05, 0.1) is 5.02 Å². The Morgan fingerprint density at radius 3 is 2.40 bits per heavy atom. The van der Waals surface area contributed by atoms with Gasteiger partial charge in [0.1, 0.15) is 6.11 Å². The van der Waals surface area contributed by atoms with Crippen LogP contribution in [0.5, 0.6) is 5.75 Å². The topological polar surface area (TPSA) is 9.23 Å². The van der Waals surface area contributed by atoms with E-state index in [4.69, 9.17) is 27.9 Å². The highest BCUT2D eigenvalue weighted by Gasteiger charge is 2.05. The first-order valence-electron chi connectivity index (χ1n) is 4.52. The molecule has 0 aliphatic rings. The smallest absolute Gasteiger partial charge is 0.158 e. The highest BCUT2D eigenvalue weighted by Crippen LogP contribution is 2.27. The second-order valence-corrected chi connectivity index (χ2v) is 5.00. The van der Waals surface area contributed by atoms with Gasteiger partial charge in [-0.15, -0.1) is 0 Å². The van der Waals surface area contributed by atoms with Crippen LogP contribution in [0.1, 0.15) is 20.8 Å². The van der Waals surface area contributed by atoms with Crippen LogP contribution in [0.25, 0.3) is 0 Å². The van der Waals surface area contributed by atoms with Crippen molar-refractivity contribution in [3.8, 4) is 17.8 Å². The monoisotopic (exact) mass is 242 g/mol. The highest BCUT2D eigenvalue weighted by atomic mass is 35.5. The maximum absolute atomic E-state index is 5.90. The number of benzene rings is 1. The van der Waals surface area contributed by atoms with E-state index in [0.717, 1.165) is 0 Å². The summed E-state index contributed by atoms with van der Waals surface area (Å²) >= 11 is 11.6. The summed E-state index contributed by atoms with van der Waals surface area (Å²) < 4.78 is 5.22. The number of hydrogen-bond donors (Lipinski definition) is 0. The Bertz CT molecular complexity index is 408. The van der Waals surface area contributed by atoms with Gasteiger partial charge in [0.2, 0.25) is 0 Å². The molecule has 0 spiro atoms. The van der Waals surface area contributed by atoms with Gasteiger partial charge in [-0.2, -0.15) is 0 Å². The van der Waals surface area contributed by atoms with Crippen molar-refractivity contribution >= 4 is 23.2 Å². The zero-order valence-electron chi connectivity index (χ0n) is 8.90. The van der Waals surface area contributed by atoms with Crippen LogP contribution in [0.4, 0.5) is 0 Å². The fourth-order valence-electron chi connectivity index (χ4n) is 0.792. The molecular weight excluding hydrogens is 231 g/mol. The fraction of sp³-hybridized carbons (Fsp3) is 0.333. The van der Waals surface area contributed by atoms with Crippen molar-refractivity contribution < 1.29 is 4.74 Å². The molecule has 0 bridgehead atoms. The molecule has 80 valence electrons. The molecule has 1 aromatic carbocycles. The Hall–Kier alpha value is -0.840. The van der Waals surface area contributed by atoms with Crippen molar-refractivity contribution in [3.05, 3.63) is 28.2 Å². The summed E-state index contributed by atoms with van der Waals surface area (Å²) in [5, 5.41) is 1.04. The Kier molecular flexibility index (Phi) is 3.90. The molecule has 1 nitrogen and oxygen atoms in total. The molecule has 1 rings (SSSR count). The molecule has 0 aliphatic heterocycles. The molecule has 0 amide bonds. The van der Waals surface area contributed by atoms with E-state index >= 15 is 0 Å². The first kappa shape index (κ1) is 12.2. The molecule has 1 aromatic rings. The summed E-state index contributed by atoms with van der Waals surface area (Å²) in [6.45, 7) is 6.02. The van der Waals surface area contributed by atoms with Crippen LogP contribution in [0, 0.1) is 17.4 Å². The summed E-state index contributed by atoms with van der Waals surface area (Å²) in [4.78, 5) is 0. The molecule has 0 unspecified atom stereocenters. The molecule has 0 saturated heterocycles. The lowest BCUT2D eigenvalue weighted by Crippen LogP contribution is -2.00. The minimum Gasteiger partial charge on any atom is -0.406 e. The molecule has 0 saturated carbocycles. The molecule has 0 aromatic heterocycles. The van der Waals surface area contributed by atoms with Crippen LogP contribution in [0.3, 0.4) is 0 Å². The van der Waals surface area contributed by atoms with Gasteiger partial charge in [-0.05, 0) is 39.0 Å². The van der Waals surface area contributed by atoms with Crippen LogP contribution >= 0.6 is 23.2 Å². The second kappa shape index (κ2) is 4.79. The molecule has 15 heavy (non-hydrogen) atoms. The lowest BCUT2D eigenvalue weighted by atomic mass is 9.99. The van der Waals surface area contributed by atoms with Gasteiger partial charge in [0, 0.05) is 10.4 Å². The van der Waals surface area contributed by atoms with E-state index in [1.807, 2.05) is 20.8 Å². The third-order valence-corrected chi connectivity index (χ3v) is 2.01. The molecule has 0 atom stereocenters. The zero-order chi connectivity index (χ0) is 11.5. The standard InChI is InChI=1S/C12H12Cl2O/c1-12(2,3)6-7-15-11-5-4-9(13)8-10(11)14/h4-5,8H,1-3H3. The quantitative estimate of drug-likeness (QED) is 0.665. The third kappa shape index (κ3) is 4.46. The van der Waals surface area contributed by atoms with Gasteiger partial charge in [-0.3, -0.25) is 0 Å². The molecule has 0 N–H and O–H groups in total.